The predicted molar refractivity (Wildman–Crippen MR) is 153 cm³/mol. The van der Waals surface area contributed by atoms with Crippen molar-refractivity contribution < 1.29 is 54.1 Å². The Bertz CT molecular complexity index is 1470. The van der Waals surface area contributed by atoms with Crippen molar-refractivity contribution >= 4 is 53.0 Å². The van der Waals surface area contributed by atoms with Crippen molar-refractivity contribution in [1.82, 2.24) is 5.32 Å². The number of benzene rings is 2. The van der Waals surface area contributed by atoms with Gasteiger partial charge in [0, 0.05) is 42.0 Å². The van der Waals surface area contributed by atoms with Crippen molar-refractivity contribution in [3.05, 3.63) is 51.6 Å². The third-order valence-electron chi connectivity index (χ3n) is 8.10. The van der Waals surface area contributed by atoms with Crippen LogP contribution in [0.5, 0.6) is 17.2 Å². The predicted octanol–water partition coefficient (Wildman–Crippen LogP) is 1.82. The number of ketones is 3. The SMILES string of the molecule is COc1cccc2c1C(=O)c1c(O)c3c(c(O)c1C2=O)C[C@@](O)(C(=O)CO)C[C@@H]3OC1CC(NC(Cl)Cl)C(O)C(C)O1.Cl. The second-order valence-electron chi connectivity index (χ2n) is 10.6. The molecule has 1 fully saturated rings. The molecule has 2 aromatic carbocycles. The number of carbonyl (C=O) groups is 3. The molecular weight excluding hydrogens is 633 g/mol. The van der Waals surface area contributed by atoms with Crippen molar-refractivity contribution in [3.8, 4) is 17.2 Å². The topological polar surface area (TPSA) is 192 Å². The molecule has 43 heavy (non-hydrogen) atoms. The summed E-state index contributed by atoms with van der Waals surface area (Å²) in [5, 5.41) is 57.2. The Labute approximate surface area is 261 Å². The Morgan fingerprint density at radius 3 is 2.47 bits per heavy atom. The monoisotopic (exact) mass is 661 g/mol. The number of carbonyl (C=O) groups excluding carboxylic acids is 3. The molecule has 6 N–H and O–H groups in total. The number of methoxy groups -OCH3 is 1. The minimum Gasteiger partial charge on any atom is -0.507 e. The first-order chi connectivity index (χ1) is 19.8. The van der Waals surface area contributed by atoms with Gasteiger partial charge in [-0.25, -0.2) is 0 Å². The molecule has 0 bridgehead atoms. The first-order valence-corrected chi connectivity index (χ1v) is 14.0. The van der Waals surface area contributed by atoms with Crippen LogP contribution in [0.2, 0.25) is 0 Å². The molecule has 1 aliphatic heterocycles. The maximum absolute atomic E-state index is 13.7. The van der Waals surface area contributed by atoms with E-state index in [-0.39, 0.29) is 46.8 Å². The average Bonchev–Trinajstić information content (AvgIpc) is 2.94. The molecule has 0 amide bonds. The largest absolute Gasteiger partial charge is 0.507 e. The zero-order valence-electron chi connectivity index (χ0n) is 22.9. The number of aliphatic hydroxyl groups is 3. The molecule has 2 aliphatic carbocycles. The van der Waals surface area contributed by atoms with Gasteiger partial charge in [0.15, 0.2) is 22.8 Å². The van der Waals surface area contributed by atoms with Crippen LogP contribution in [0.4, 0.5) is 0 Å². The summed E-state index contributed by atoms with van der Waals surface area (Å²) in [6.07, 6.45) is -5.43. The molecule has 0 saturated carbocycles. The van der Waals surface area contributed by atoms with Gasteiger partial charge in [-0.3, -0.25) is 19.7 Å². The fourth-order valence-corrected chi connectivity index (χ4v) is 6.37. The maximum atomic E-state index is 13.7. The smallest absolute Gasteiger partial charge is 0.202 e. The number of Topliss-reactive ketones (excluding diaryl/α,β-unsaturated/α-hetero) is 1. The minimum absolute atomic E-state index is 0. The minimum atomic E-state index is -2.28. The van der Waals surface area contributed by atoms with E-state index in [2.05, 4.69) is 5.32 Å². The maximum Gasteiger partial charge on any atom is 0.202 e. The van der Waals surface area contributed by atoms with Crippen LogP contribution in [-0.2, 0) is 20.7 Å². The number of aliphatic hydroxyl groups excluding tert-OH is 2. The Balaban J connectivity index is 0.00000423. The van der Waals surface area contributed by atoms with Crippen LogP contribution in [0.1, 0.15) is 68.8 Å². The van der Waals surface area contributed by atoms with E-state index < -0.39 is 101 Å². The highest BCUT2D eigenvalue weighted by Crippen LogP contribution is 2.52. The van der Waals surface area contributed by atoms with Crippen LogP contribution in [-0.4, -0.2) is 91.7 Å². The summed E-state index contributed by atoms with van der Waals surface area (Å²) in [6, 6.07) is 3.64. The van der Waals surface area contributed by atoms with Gasteiger partial charge in [-0.1, -0.05) is 35.3 Å². The Morgan fingerprint density at radius 2 is 1.84 bits per heavy atom. The molecule has 2 aromatic rings. The van der Waals surface area contributed by atoms with Gasteiger partial charge in [-0.15, -0.1) is 12.4 Å². The third kappa shape index (κ3) is 5.60. The van der Waals surface area contributed by atoms with E-state index in [9.17, 15) is 39.9 Å². The lowest BCUT2D eigenvalue weighted by Gasteiger charge is -2.43. The lowest BCUT2D eigenvalue weighted by molar-refractivity contribution is -0.249. The standard InChI is InChI=1S/C28H29Cl2NO11.ClH/c1-10-22(34)13(31-27(29)30)6-17(41-10)42-15-8-28(39,16(33)9-32)7-12-19(15)26(38)21-20(24(12)36)23(35)11-4-3-5-14(40-2)18(11)25(21)37;/h3-5,10,13,15,17,22,27,31-32,34,36,38-39H,6-9H2,1-2H3;1H/t10?,13?,15-,17?,22?,28-;/m0./s1. The number of fused-ring (bicyclic) bond motifs is 3. The van der Waals surface area contributed by atoms with Crippen LogP contribution in [0, 0.1) is 0 Å². The quantitative estimate of drug-likeness (QED) is 0.122. The second-order valence-corrected chi connectivity index (χ2v) is 11.7. The number of hydrogen-bond donors (Lipinski definition) is 6. The van der Waals surface area contributed by atoms with Gasteiger partial charge < -0.3 is 39.7 Å². The van der Waals surface area contributed by atoms with Gasteiger partial charge >= 0.3 is 0 Å². The highest BCUT2D eigenvalue weighted by atomic mass is 35.5. The summed E-state index contributed by atoms with van der Waals surface area (Å²) in [7, 11) is 1.32. The Kier molecular flexibility index (Phi) is 9.68. The zero-order valence-corrected chi connectivity index (χ0v) is 25.2. The Morgan fingerprint density at radius 1 is 1.16 bits per heavy atom. The van der Waals surface area contributed by atoms with Crippen LogP contribution in [0.15, 0.2) is 18.2 Å². The Hall–Kier alpha value is -2.52. The number of halogens is 3. The molecule has 1 heterocycles. The summed E-state index contributed by atoms with van der Waals surface area (Å²) in [6.45, 7) is 0.532. The van der Waals surface area contributed by atoms with Crippen molar-refractivity contribution in [1.29, 1.82) is 0 Å². The van der Waals surface area contributed by atoms with Crippen molar-refractivity contribution in [2.75, 3.05) is 13.7 Å². The first kappa shape index (κ1) is 33.4. The molecule has 1 saturated heterocycles. The summed E-state index contributed by atoms with van der Waals surface area (Å²) in [4.78, 5) is 39.0. The number of alkyl halides is 2. The van der Waals surface area contributed by atoms with E-state index in [0.717, 1.165) is 0 Å². The number of hydrogen-bond acceptors (Lipinski definition) is 12. The van der Waals surface area contributed by atoms with Gasteiger partial charge in [-0.2, -0.15) is 0 Å². The van der Waals surface area contributed by atoms with Crippen LogP contribution in [0.3, 0.4) is 0 Å². The summed E-state index contributed by atoms with van der Waals surface area (Å²) in [5.41, 5.74) is -3.77. The molecule has 15 heteroatoms. The highest BCUT2D eigenvalue weighted by molar-refractivity contribution is 6.43. The molecule has 0 aromatic heterocycles. The molecular formula is C28H30Cl3NO11. The highest BCUT2D eigenvalue weighted by Gasteiger charge is 2.50. The molecule has 3 aliphatic rings. The molecule has 0 radical (unpaired) electrons. The van der Waals surface area contributed by atoms with E-state index in [4.69, 9.17) is 37.4 Å². The van der Waals surface area contributed by atoms with E-state index in [1.165, 1.54) is 25.3 Å². The number of aromatic hydroxyl groups is 2. The molecule has 4 unspecified atom stereocenters. The molecule has 12 nitrogen and oxygen atoms in total. The van der Waals surface area contributed by atoms with Gasteiger partial charge in [0.05, 0.1) is 42.1 Å². The number of rotatable bonds is 7. The fraction of sp³-hybridized carbons (Fsp3) is 0.464. The second kappa shape index (κ2) is 12.5. The summed E-state index contributed by atoms with van der Waals surface area (Å²) >= 11 is 11.7. The fourth-order valence-electron chi connectivity index (χ4n) is 6.04. The van der Waals surface area contributed by atoms with E-state index in [1.807, 2.05) is 0 Å². The number of nitrogens with one attached hydrogen (secondary N) is 1. The summed E-state index contributed by atoms with van der Waals surface area (Å²) < 4.78 is 17.2. The van der Waals surface area contributed by atoms with Gasteiger partial charge in [0.2, 0.25) is 5.78 Å². The molecule has 6 atom stereocenters. The lowest BCUT2D eigenvalue weighted by atomic mass is 9.72. The zero-order chi connectivity index (χ0) is 30.7. The molecule has 0 spiro atoms. The van der Waals surface area contributed by atoms with Crippen LogP contribution >= 0.6 is 35.6 Å². The first-order valence-electron chi connectivity index (χ1n) is 13.1. The number of ether oxygens (including phenoxy) is 3. The molecule has 234 valence electrons. The molecule has 5 rings (SSSR count). The van der Waals surface area contributed by atoms with Crippen molar-refractivity contribution in [2.24, 2.45) is 0 Å². The van der Waals surface area contributed by atoms with Gasteiger partial charge in [0.25, 0.3) is 0 Å². The van der Waals surface area contributed by atoms with E-state index in [0.29, 0.717) is 0 Å². The van der Waals surface area contributed by atoms with E-state index >= 15 is 0 Å². The third-order valence-corrected chi connectivity index (χ3v) is 8.35. The lowest BCUT2D eigenvalue weighted by Crippen LogP contribution is -2.55. The van der Waals surface area contributed by atoms with E-state index in [1.54, 1.807) is 6.92 Å². The van der Waals surface area contributed by atoms with Gasteiger partial charge in [0.1, 0.15) is 29.5 Å². The number of phenols is 2. The van der Waals surface area contributed by atoms with Crippen LogP contribution in [0.25, 0.3) is 0 Å². The van der Waals surface area contributed by atoms with Crippen LogP contribution < -0.4 is 10.1 Å². The van der Waals surface area contributed by atoms with Crippen molar-refractivity contribution in [2.45, 2.75) is 67.4 Å². The number of phenolic OH excluding ortho intramolecular Hbond substituents is 2. The average molecular weight is 663 g/mol. The van der Waals surface area contributed by atoms with Crippen molar-refractivity contribution in [3.63, 3.8) is 0 Å². The normalized spacial score (nSPS) is 28.0. The summed E-state index contributed by atoms with van der Waals surface area (Å²) in [5.74, 6) is -3.88. The van der Waals surface area contributed by atoms with Gasteiger partial charge in [-0.05, 0) is 13.0 Å².